The molecule has 0 saturated carbocycles. The normalized spacial score (nSPS) is 16.2. The Bertz CT molecular complexity index is 741. The molecule has 0 amide bonds. The molecule has 0 aromatic carbocycles. The lowest BCUT2D eigenvalue weighted by Gasteiger charge is -2.34. The summed E-state index contributed by atoms with van der Waals surface area (Å²) in [5.74, 6) is 2.97. The maximum Gasteiger partial charge on any atom is 0.191 e. The Kier molecular flexibility index (Phi) is 9.76. The highest BCUT2D eigenvalue weighted by Crippen LogP contribution is 2.18. The SMILES string of the molecule is CCC(C)NC(=NCCc1ccco1)NC1CCN(c2cccc(C)n2)CC1.I. The number of nitrogens with one attached hydrogen (secondary N) is 2. The van der Waals surface area contributed by atoms with E-state index in [2.05, 4.69) is 46.5 Å². The number of aryl methyl sites for hydroxylation is 1. The average molecular weight is 511 g/mol. The van der Waals surface area contributed by atoms with Crippen LogP contribution >= 0.6 is 24.0 Å². The van der Waals surface area contributed by atoms with Crippen LogP contribution in [-0.4, -0.2) is 42.7 Å². The second kappa shape index (κ2) is 12.0. The van der Waals surface area contributed by atoms with Gasteiger partial charge in [0.1, 0.15) is 11.6 Å². The quantitative estimate of drug-likeness (QED) is 0.332. The molecule has 1 atom stereocenters. The second-order valence-electron chi connectivity index (χ2n) is 7.56. The van der Waals surface area contributed by atoms with Gasteiger partial charge in [-0.15, -0.1) is 24.0 Å². The molecule has 7 heteroatoms. The van der Waals surface area contributed by atoms with Gasteiger partial charge in [-0.25, -0.2) is 4.98 Å². The molecule has 6 nitrogen and oxygen atoms in total. The lowest BCUT2D eigenvalue weighted by atomic mass is 10.1. The summed E-state index contributed by atoms with van der Waals surface area (Å²) in [6, 6.07) is 11.0. The third-order valence-electron chi connectivity index (χ3n) is 5.24. The Balaban J connectivity index is 0.00000300. The monoisotopic (exact) mass is 511 g/mol. The highest BCUT2D eigenvalue weighted by Gasteiger charge is 2.21. The van der Waals surface area contributed by atoms with Crippen LogP contribution in [0.5, 0.6) is 0 Å². The van der Waals surface area contributed by atoms with E-state index >= 15 is 0 Å². The number of furan rings is 1. The van der Waals surface area contributed by atoms with Gasteiger partial charge in [-0.1, -0.05) is 13.0 Å². The van der Waals surface area contributed by atoms with Crippen LogP contribution in [0.25, 0.3) is 0 Å². The molecule has 29 heavy (non-hydrogen) atoms. The van der Waals surface area contributed by atoms with Gasteiger partial charge in [0, 0.05) is 43.8 Å². The zero-order chi connectivity index (χ0) is 19.8. The summed E-state index contributed by atoms with van der Waals surface area (Å²) in [7, 11) is 0. The zero-order valence-corrected chi connectivity index (χ0v) is 20.1. The van der Waals surface area contributed by atoms with Gasteiger partial charge >= 0.3 is 0 Å². The Morgan fingerprint density at radius 3 is 2.72 bits per heavy atom. The molecular formula is C22H34IN5O. The van der Waals surface area contributed by atoms with E-state index in [1.807, 2.05) is 25.1 Å². The van der Waals surface area contributed by atoms with Gasteiger partial charge < -0.3 is 20.0 Å². The molecule has 3 heterocycles. The Hall–Kier alpha value is -1.77. The molecular weight excluding hydrogens is 477 g/mol. The molecule has 1 fully saturated rings. The van der Waals surface area contributed by atoms with Crippen LogP contribution in [0.2, 0.25) is 0 Å². The van der Waals surface area contributed by atoms with Gasteiger partial charge in [0.05, 0.1) is 6.26 Å². The van der Waals surface area contributed by atoms with Crippen molar-refractivity contribution in [1.29, 1.82) is 0 Å². The molecule has 160 valence electrons. The number of aliphatic imine (C=N–C) groups is 1. The van der Waals surface area contributed by atoms with Crippen LogP contribution in [-0.2, 0) is 6.42 Å². The first-order chi connectivity index (χ1) is 13.6. The van der Waals surface area contributed by atoms with Gasteiger partial charge in [0.25, 0.3) is 0 Å². The molecule has 2 N–H and O–H groups in total. The smallest absolute Gasteiger partial charge is 0.191 e. The highest BCUT2D eigenvalue weighted by molar-refractivity contribution is 14.0. The summed E-state index contributed by atoms with van der Waals surface area (Å²) in [6.07, 6.45) is 5.75. The first-order valence-corrected chi connectivity index (χ1v) is 10.4. The van der Waals surface area contributed by atoms with E-state index in [9.17, 15) is 0 Å². The third-order valence-corrected chi connectivity index (χ3v) is 5.24. The van der Waals surface area contributed by atoms with E-state index in [4.69, 9.17) is 9.41 Å². The first-order valence-electron chi connectivity index (χ1n) is 10.4. The summed E-state index contributed by atoms with van der Waals surface area (Å²) in [6.45, 7) is 9.16. The number of pyridine rings is 1. The molecule has 0 bridgehead atoms. The number of anilines is 1. The van der Waals surface area contributed by atoms with Crippen molar-refractivity contribution in [2.45, 2.75) is 58.5 Å². The maximum atomic E-state index is 5.41. The molecule has 2 aromatic heterocycles. The lowest BCUT2D eigenvalue weighted by molar-refractivity contribution is 0.455. The second-order valence-corrected chi connectivity index (χ2v) is 7.56. The molecule has 1 aliphatic heterocycles. The fourth-order valence-electron chi connectivity index (χ4n) is 3.35. The van der Waals surface area contributed by atoms with Crippen LogP contribution < -0.4 is 15.5 Å². The van der Waals surface area contributed by atoms with Crippen LogP contribution in [0.4, 0.5) is 5.82 Å². The van der Waals surface area contributed by atoms with Crippen molar-refractivity contribution in [3.63, 3.8) is 0 Å². The average Bonchev–Trinajstić information content (AvgIpc) is 3.22. The number of nitrogens with zero attached hydrogens (tertiary/aromatic N) is 3. The molecule has 0 aliphatic carbocycles. The predicted molar refractivity (Wildman–Crippen MR) is 130 cm³/mol. The van der Waals surface area contributed by atoms with Crippen LogP contribution in [0.3, 0.4) is 0 Å². The minimum Gasteiger partial charge on any atom is -0.469 e. The van der Waals surface area contributed by atoms with E-state index < -0.39 is 0 Å². The lowest BCUT2D eigenvalue weighted by Crippen LogP contribution is -2.50. The van der Waals surface area contributed by atoms with E-state index in [-0.39, 0.29) is 24.0 Å². The van der Waals surface area contributed by atoms with Crippen molar-refractivity contribution < 1.29 is 4.42 Å². The molecule has 1 unspecified atom stereocenters. The van der Waals surface area contributed by atoms with Gasteiger partial charge in [0.15, 0.2) is 5.96 Å². The van der Waals surface area contributed by atoms with Crippen molar-refractivity contribution >= 4 is 35.8 Å². The van der Waals surface area contributed by atoms with Crippen molar-refractivity contribution in [1.82, 2.24) is 15.6 Å². The zero-order valence-electron chi connectivity index (χ0n) is 17.7. The van der Waals surface area contributed by atoms with E-state index in [0.717, 1.165) is 62.0 Å². The highest BCUT2D eigenvalue weighted by atomic mass is 127. The fourth-order valence-corrected chi connectivity index (χ4v) is 3.35. The Morgan fingerprint density at radius 2 is 2.07 bits per heavy atom. The summed E-state index contributed by atoms with van der Waals surface area (Å²) in [5.41, 5.74) is 1.07. The number of piperidine rings is 1. The molecule has 0 radical (unpaired) electrons. The van der Waals surface area contributed by atoms with Gasteiger partial charge in [-0.2, -0.15) is 0 Å². The van der Waals surface area contributed by atoms with Gasteiger partial charge in [-0.05, 0) is 57.4 Å². The number of rotatable bonds is 7. The van der Waals surface area contributed by atoms with Crippen LogP contribution in [0, 0.1) is 6.92 Å². The third kappa shape index (κ3) is 7.53. The maximum absolute atomic E-state index is 5.41. The number of hydrogen-bond donors (Lipinski definition) is 2. The van der Waals surface area contributed by atoms with E-state index in [1.165, 1.54) is 0 Å². The molecule has 0 spiro atoms. The van der Waals surface area contributed by atoms with Crippen molar-refractivity contribution in [2.75, 3.05) is 24.5 Å². The minimum absolute atomic E-state index is 0. The minimum atomic E-state index is 0. The number of halogens is 1. The predicted octanol–water partition coefficient (Wildman–Crippen LogP) is 4.15. The largest absolute Gasteiger partial charge is 0.469 e. The molecule has 1 saturated heterocycles. The van der Waals surface area contributed by atoms with Crippen molar-refractivity contribution in [2.24, 2.45) is 4.99 Å². The summed E-state index contributed by atoms with van der Waals surface area (Å²) < 4.78 is 5.41. The Morgan fingerprint density at radius 1 is 1.28 bits per heavy atom. The summed E-state index contributed by atoms with van der Waals surface area (Å²) in [4.78, 5) is 11.8. The van der Waals surface area contributed by atoms with Crippen molar-refractivity contribution in [3.8, 4) is 0 Å². The van der Waals surface area contributed by atoms with E-state index in [0.29, 0.717) is 18.6 Å². The molecule has 3 rings (SSSR count). The topological polar surface area (TPSA) is 65.7 Å². The Labute approximate surface area is 191 Å². The molecule has 2 aromatic rings. The first kappa shape index (κ1) is 23.5. The van der Waals surface area contributed by atoms with Gasteiger partial charge in [-0.3, -0.25) is 4.99 Å². The van der Waals surface area contributed by atoms with Crippen LogP contribution in [0.15, 0.2) is 46.0 Å². The molecule has 1 aliphatic rings. The number of hydrogen-bond acceptors (Lipinski definition) is 4. The summed E-state index contributed by atoms with van der Waals surface area (Å²) >= 11 is 0. The number of aromatic nitrogens is 1. The van der Waals surface area contributed by atoms with Gasteiger partial charge in [0.2, 0.25) is 0 Å². The van der Waals surface area contributed by atoms with Crippen LogP contribution in [0.1, 0.15) is 44.6 Å². The van der Waals surface area contributed by atoms with Crippen molar-refractivity contribution in [3.05, 3.63) is 48.0 Å². The van der Waals surface area contributed by atoms with E-state index in [1.54, 1.807) is 6.26 Å². The fraction of sp³-hybridized carbons (Fsp3) is 0.545. The summed E-state index contributed by atoms with van der Waals surface area (Å²) in [5, 5.41) is 7.17. The standard InChI is InChI=1S/C22H33N5O.HI/c1-4-17(2)25-22(23-13-10-20-8-6-16-28-20)26-19-11-14-27(15-12-19)21-9-5-7-18(3)24-21;/h5-9,16-17,19H,4,10-15H2,1-3H3,(H2,23,25,26);1H. The number of guanidine groups is 1.